The lowest BCUT2D eigenvalue weighted by Gasteiger charge is -2.15. The van der Waals surface area contributed by atoms with E-state index in [1.54, 1.807) is 28.8 Å². The average molecular weight is 509 g/mol. The summed E-state index contributed by atoms with van der Waals surface area (Å²) in [4.78, 5) is 12.6. The van der Waals surface area contributed by atoms with Crippen molar-refractivity contribution in [1.29, 1.82) is 0 Å². The zero-order valence-electron chi connectivity index (χ0n) is 20.2. The van der Waals surface area contributed by atoms with Gasteiger partial charge in [-0.1, -0.05) is 29.5 Å². The van der Waals surface area contributed by atoms with Crippen LogP contribution in [0.1, 0.15) is 5.56 Å². The van der Waals surface area contributed by atoms with Crippen LogP contribution in [0.2, 0.25) is 0 Å². The molecule has 0 saturated heterocycles. The maximum Gasteiger partial charge on any atom is 0.234 e. The minimum atomic E-state index is -0.368. The van der Waals surface area contributed by atoms with Crippen molar-refractivity contribution in [3.63, 3.8) is 0 Å². The monoisotopic (exact) mass is 508 g/mol. The highest BCUT2D eigenvalue weighted by Crippen LogP contribution is 2.41. The minimum absolute atomic E-state index is 0.0997. The fraction of sp³-hybridized carbons (Fsp3) is 0.192. The molecule has 4 aromatic rings. The van der Waals surface area contributed by atoms with Gasteiger partial charge in [0.2, 0.25) is 11.7 Å². The van der Waals surface area contributed by atoms with Gasteiger partial charge in [-0.05, 0) is 55.5 Å². The second kappa shape index (κ2) is 11.1. The van der Waals surface area contributed by atoms with Crippen LogP contribution in [0.3, 0.4) is 0 Å². The first-order valence-corrected chi connectivity index (χ1v) is 11.9. The lowest BCUT2D eigenvalue weighted by molar-refractivity contribution is -0.113. The lowest BCUT2D eigenvalue weighted by Crippen LogP contribution is -2.14. The van der Waals surface area contributed by atoms with Gasteiger partial charge in [-0.2, -0.15) is 0 Å². The van der Waals surface area contributed by atoms with Crippen LogP contribution in [-0.4, -0.2) is 47.8 Å². The summed E-state index contributed by atoms with van der Waals surface area (Å²) in [7, 11) is 4.58. The van der Waals surface area contributed by atoms with Gasteiger partial charge < -0.3 is 19.5 Å². The molecular formula is C26H25FN4O4S. The Morgan fingerprint density at radius 1 is 0.944 bits per heavy atom. The Hall–Kier alpha value is -4.05. The van der Waals surface area contributed by atoms with E-state index in [0.717, 1.165) is 5.56 Å². The zero-order valence-corrected chi connectivity index (χ0v) is 21.1. The van der Waals surface area contributed by atoms with Crippen molar-refractivity contribution < 1.29 is 23.4 Å². The molecule has 3 aromatic carbocycles. The van der Waals surface area contributed by atoms with Crippen LogP contribution in [0.5, 0.6) is 17.2 Å². The number of anilines is 1. The van der Waals surface area contributed by atoms with Crippen molar-refractivity contribution in [3.05, 3.63) is 72.0 Å². The number of aromatic nitrogens is 3. The van der Waals surface area contributed by atoms with Crippen molar-refractivity contribution in [3.8, 4) is 34.3 Å². The van der Waals surface area contributed by atoms with E-state index in [0.29, 0.717) is 45.2 Å². The number of benzene rings is 3. The van der Waals surface area contributed by atoms with E-state index >= 15 is 0 Å². The van der Waals surface area contributed by atoms with Gasteiger partial charge in [0, 0.05) is 16.9 Å². The summed E-state index contributed by atoms with van der Waals surface area (Å²) in [5.41, 5.74) is 3.09. The number of aryl methyl sites for hydroxylation is 1. The number of halogens is 1. The fourth-order valence-electron chi connectivity index (χ4n) is 3.55. The molecule has 0 aliphatic carbocycles. The molecule has 1 heterocycles. The van der Waals surface area contributed by atoms with E-state index in [4.69, 9.17) is 14.2 Å². The highest BCUT2D eigenvalue weighted by molar-refractivity contribution is 7.99. The predicted octanol–water partition coefficient (Wildman–Crippen LogP) is 5.14. The molecule has 1 N–H and O–H groups in total. The van der Waals surface area contributed by atoms with Crippen LogP contribution >= 0.6 is 11.8 Å². The molecule has 186 valence electrons. The fourth-order valence-corrected chi connectivity index (χ4v) is 4.30. The van der Waals surface area contributed by atoms with Gasteiger partial charge in [0.15, 0.2) is 22.5 Å². The molecule has 0 radical (unpaired) electrons. The Labute approximate surface area is 212 Å². The third-order valence-electron chi connectivity index (χ3n) is 5.31. The molecule has 0 bridgehead atoms. The maximum atomic E-state index is 13.7. The second-order valence-corrected chi connectivity index (χ2v) is 8.68. The van der Waals surface area contributed by atoms with Crippen LogP contribution in [0.4, 0.5) is 10.1 Å². The summed E-state index contributed by atoms with van der Waals surface area (Å²) in [6.07, 6.45) is 0. The van der Waals surface area contributed by atoms with E-state index < -0.39 is 0 Å². The van der Waals surface area contributed by atoms with E-state index in [9.17, 15) is 9.18 Å². The molecule has 4 rings (SSSR count). The van der Waals surface area contributed by atoms with Crippen molar-refractivity contribution >= 4 is 23.4 Å². The third-order valence-corrected chi connectivity index (χ3v) is 6.24. The predicted molar refractivity (Wildman–Crippen MR) is 137 cm³/mol. The molecule has 1 aromatic heterocycles. The number of carbonyl (C=O) groups is 1. The van der Waals surface area contributed by atoms with Crippen molar-refractivity contribution in [1.82, 2.24) is 14.8 Å². The normalized spacial score (nSPS) is 10.7. The van der Waals surface area contributed by atoms with Crippen molar-refractivity contribution in [2.45, 2.75) is 12.1 Å². The number of carbonyl (C=O) groups excluding carboxylic acids is 1. The van der Waals surface area contributed by atoms with E-state index in [-0.39, 0.29) is 17.5 Å². The molecule has 0 unspecified atom stereocenters. The molecule has 0 spiro atoms. The summed E-state index contributed by atoms with van der Waals surface area (Å²) >= 11 is 1.22. The van der Waals surface area contributed by atoms with Crippen LogP contribution in [0.25, 0.3) is 17.1 Å². The molecule has 0 fully saturated rings. The topological polar surface area (TPSA) is 87.5 Å². The first-order valence-electron chi connectivity index (χ1n) is 10.9. The first kappa shape index (κ1) is 25.1. The summed E-state index contributed by atoms with van der Waals surface area (Å²) < 4.78 is 31.8. The standard InChI is InChI=1S/C26H25FN4O4S/c1-16-5-9-19(10-6-16)28-23(32)15-36-26-30-29-25(31(26)20-11-7-18(27)8-12-20)17-13-21(33-2)24(35-4)22(14-17)34-3/h5-14H,15H2,1-4H3,(H,28,32). The van der Waals surface area contributed by atoms with E-state index in [1.165, 1.54) is 45.2 Å². The highest BCUT2D eigenvalue weighted by Gasteiger charge is 2.21. The Morgan fingerprint density at radius 3 is 2.17 bits per heavy atom. The number of methoxy groups -OCH3 is 3. The molecule has 0 saturated carbocycles. The average Bonchev–Trinajstić information content (AvgIpc) is 3.32. The Balaban J connectivity index is 1.69. The first-order chi connectivity index (χ1) is 17.4. The van der Waals surface area contributed by atoms with E-state index in [1.807, 2.05) is 31.2 Å². The van der Waals surface area contributed by atoms with Crippen molar-refractivity contribution in [2.75, 3.05) is 32.4 Å². The largest absolute Gasteiger partial charge is 0.493 e. The van der Waals surface area contributed by atoms with Crippen LogP contribution in [0.15, 0.2) is 65.8 Å². The molecule has 8 nitrogen and oxygen atoms in total. The Morgan fingerprint density at radius 2 is 1.58 bits per heavy atom. The molecule has 36 heavy (non-hydrogen) atoms. The van der Waals surface area contributed by atoms with Crippen LogP contribution in [-0.2, 0) is 4.79 Å². The van der Waals surface area contributed by atoms with Gasteiger partial charge in [0.1, 0.15) is 5.82 Å². The molecule has 1 amide bonds. The SMILES string of the molecule is COc1cc(-c2nnc(SCC(=O)Nc3ccc(C)cc3)n2-c2ccc(F)cc2)cc(OC)c1OC. The number of thioether (sulfide) groups is 1. The number of nitrogens with one attached hydrogen (secondary N) is 1. The molecule has 10 heteroatoms. The van der Waals surface area contributed by atoms with Gasteiger partial charge in [0.25, 0.3) is 0 Å². The Kier molecular flexibility index (Phi) is 7.74. The quantitative estimate of drug-likeness (QED) is 0.313. The second-order valence-electron chi connectivity index (χ2n) is 7.73. The number of hydrogen-bond donors (Lipinski definition) is 1. The number of rotatable bonds is 9. The summed E-state index contributed by atoms with van der Waals surface area (Å²) in [6.45, 7) is 1.98. The lowest BCUT2D eigenvalue weighted by atomic mass is 10.1. The molecule has 0 atom stereocenters. The number of nitrogens with zero attached hydrogens (tertiary/aromatic N) is 3. The van der Waals surface area contributed by atoms with Gasteiger partial charge in [-0.15, -0.1) is 10.2 Å². The molecule has 0 aliphatic heterocycles. The highest BCUT2D eigenvalue weighted by atomic mass is 32.2. The van der Waals surface area contributed by atoms with Gasteiger partial charge in [-0.25, -0.2) is 4.39 Å². The van der Waals surface area contributed by atoms with Gasteiger partial charge >= 0.3 is 0 Å². The van der Waals surface area contributed by atoms with Crippen LogP contribution in [0, 0.1) is 12.7 Å². The molecule has 0 aliphatic rings. The van der Waals surface area contributed by atoms with Crippen molar-refractivity contribution in [2.24, 2.45) is 0 Å². The maximum absolute atomic E-state index is 13.7. The van der Waals surface area contributed by atoms with Gasteiger partial charge in [-0.3, -0.25) is 9.36 Å². The van der Waals surface area contributed by atoms with Gasteiger partial charge in [0.05, 0.1) is 27.1 Å². The Bertz CT molecular complexity index is 1330. The van der Waals surface area contributed by atoms with E-state index in [2.05, 4.69) is 15.5 Å². The zero-order chi connectivity index (χ0) is 25.7. The van der Waals surface area contributed by atoms with Crippen LogP contribution < -0.4 is 19.5 Å². The number of ether oxygens (including phenoxy) is 3. The smallest absolute Gasteiger partial charge is 0.234 e. The summed E-state index contributed by atoms with van der Waals surface area (Å²) in [5, 5.41) is 12.0. The number of amides is 1. The third kappa shape index (κ3) is 5.44. The molecular weight excluding hydrogens is 483 g/mol. The summed E-state index contributed by atoms with van der Waals surface area (Å²) in [5.74, 6) is 1.35. The minimum Gasteiger partial charge on any atom is -0.493 e. The summed E-state index contributed by atoms with van der Waals surface area (Å²) in [6, 6.07) is 17.0. The number of hydrogen-bond acceptors (Lipinski definition) is 7.